The lowest BCUT2D eigenvalue weighted by atomic mass is 9.79. The van der Waals surface area contributed by atoms with E-state index in [4.69, 9.17) is 4.42 Å². The van der Waals surface area contributed by atoms with Crippen molar-refractivity contribution in [2.75, 3.05) is 4.90 Å². The summed E-state index contributed by atoms with van der Waals surface area (Å²) >= 11 is 0. The minimum Gasteiger partial charge on any atom is -0.456 e. The molecular formula is C47H45NO. The van der Waals surface area contributed by atoms with Crippen LogP contribution >= 0.6 is 0 Å². The molecule has 0 spiro atoms. The van der Waals surface area contributed by atoms with E-state index in [1.54, 1.807) is 0 Å². The molecule has 6 aromatic carbocycles. The SMILES string of the molecule is CC(C)(C)c1cc(C(C)(C)C)c2oc3cccc(N(c4cccc(-c5ccccc5)c4)c4cccc5c4C(C)(C)c4ccccc4-5)c3c2c1. The molecule has 49 heavy (non-hydrogen) atoms. The zero-order valence-corrected chi connectivity index (χ0v) is 30.0. The Hall–Kier alpha value is -5.08. The molecule has 0 saturated carbocycles. The smallest absolute Gasteiger partial charge is 0.139 e. The summed E-state index contributed by atoms with van der Waals surface area (Å²) in [4.78, 5) is 2.50. The van der Waals surface area contributed by atoms with Crippen LogP contribution in [0.4, 0.5) is 17.1 Å². The van der Waals surface area contributed by atoms with Crippen LogP contribution in [0.5, 0.6) is 0 Å². The van der Waals surface area contributed by atoms with Gasteiger partial charge in [0, 0.05) is 22.1 Å². The van der Waals surface area contributed by atoms with Crippen LogP contribution < -0.4 is 4.90 Å². The molecule has 2 heteroatoms. The quantitative estimate of drug-likeness (QED) is 0.191. The maximum atomic E-state index is 6.89. The van der Waals surface area contributed by atoms with Crippen molar-refractivity contribution in [3.63, 3.8) is 0 Å². The lowest BCUT2D eigenvalue weighted by molar-refractivity contribution is 0.559. The van der Waals surface area contributed by atoms with Crippen molar-refractivity contribution in [2.45, 2.75) is 71.6 Å². The van der Waals surface area contributed by atoms with Gasteiger partial charge in [-0.3, -0.25) is 0 Å². The van der Waals surface area contributed by atoms with E-state index < -0.39 is 0 Å². The lowest BCUT2D eigenvalue weighted by Crippen LogP contribution is -2.20. The van der Waals surface area contributed by atoms with Gasteiger partial charge < -0.3 is 9.32 Å². The molecule has 0 bridgehead atoms. The largest absolute Gasteiger partial charge is 0.456 e. The molecule has 0 radical (unpaired) electrons. The Kier molecular flexibility index (Phi) is 6.99. The van der Waals surface area contributed by atoms with E-state index in [0.29, 0.717) is 0 Å². The van der Waals surface area contributed by atoms with Crippen LogP contribution in [0.1, 0.15) is 77.6 Å². The number of furan rings is 1. The molecule has 0 fully saturated rings. The second-order valence-electron chi connectivity index (χ2n) is 16.3. The van der Waals surface area contributed by atoms with Crippen molar-refractivity contribution in [1.29, 1.82) is 0 Å². The fourth-order valence-corrected chi connectivity index (χ4v) is 7.95. The number of hydrogen-bond donors (Lipinski definition) is 0. The van der Waals surface area contributed by atoms with Crippen molar-refractivity contribution in [1.82, 2.24) is 0 Å². The summed E-state index contributed by atoms with van der Waals surface area (Å²) in [6.45, 7) is 18.5. The van der Waals surface area contributed by atoms with Gasteiger partial charge in [-0.15, -0.1) is 0 Å². The molecule has 1 aliphatic carbocycles. The van der Waals surface area contributed by atoms with E-state index in [0.717, 1.165) is 27.9 Å². The van der Waals surface area contributed by atoms with Gasteiger partial charge in [-0.2, -0.15) is 0 Å². The average molecular weight is 640 g/mol. The van der Waals surface area contributed by atoms with Gasteiger partial charge in [0.05, 0.1) is 16.8 Å². The molecule has 1 aromatic heterocycles. The van der Waals surface area contributed by atoms with Crippen LogP contribution in [-0.2, 0) is 16.2 Å². The second-order valence-corrected chi connectivity index (χ2v) is 16.3. The minimum absolute atomic E-state index is 0.0213. The Labute approximate surface area is 291 Å². The average Bonchev–Trinajstić information content (AvgIpc) is 3.57. The number of hydrogen-bond acceptors (Lipinski definition) is 2. The normalized spacial score (nSPS) is 13.9. The molecule has 0 aliphatic heterocycles. The third-order valence-corrected chi connectivity index (χ3v) is 10.5. The Bertz CT molecular complexity index is 2380. The van der Waals surface area contributed by atoms with Gasteiger partial charge in [0.1, 0.15) is 11.2 Å². The van der Waals surface area contributed by atoms with Crippen LogP contribution in [0.3, 0.4) is 0 Å². The standard InChI is InChI=1S/C47H45NO/c1-45(2,3)32-28-36-42-39(24-16-26-41(42)49-44(36)38(29-32)46(4,5)6)48(33-20-14-19-31(27-33)30-17-10-9-11-18-30)40-25-15-22-35-34-21-12-13-23-37(34)47(7,8)43(35)40/h9-29H,1-8H3. The molecule has 0 unspecified atom stereocenters. The molecule has 0 amide bonds. The molecule has 244 valence electrons. The summed E-state index contributed by atoms with van der Waals surface area (Å²) in [7, 11) is 0. The van der Waals surface area contributed by atoms with Gasteiger partial charge in [0.15, 0.2) is 0 Å². The fraction of sp³-hybridized carbons (Fsp3) is 0.234. The van der Waals surface area contributed by atoms with E-state index in [-0.39, 0.29) is 16.2 Å². The van der Waals surface area contributed by atoms with E-state index in [9.17, 15) is 0 Å². The Balaban J connectivity index is 1.48. The molecule has 8 rings (SSSR count). The van der Waals surface area contributed by atoms with Crippen LogP contribution in [-0.4, -0.2) is 0 Å². The van der Waals surface area contributed by atoms with Crippen molar-refractivity contribution >= 4 is 39.0 Å². The van der Waals surface area contributed by atoms with Gasteiger partial charge in [0.2, 0.25) is 0 Å². The summed E-state index contributed by atoms with van der Waals surface area (Å²) in [6, 6.07) is 46.7. The Morgan fingerprint density at radius 2 is 1.22 bits per heavy atom. The van der Waals surface area contributed by atoms with E-state index in [1.165, 1.54) is 55.6 Å². The highest BCUT2D eigenvalue weighted by atomic mass is 16.3. The predicted molar refractivity (Wildman–Crippen MR) is 209 cm³/mol. The highest BCUT2D eigenvalue weighted by Gasteiger charge is 2.39. The van der Waals surface area contributed by atoms with Gasteiger partial charge >= 0.3 is 0 Å². The van der Waals surface area contributed by atoms with E-state index >= 15 is 0 Å². The molecule has 1 heterocycles. The number of benzene rings is 6. The molecule has 1 aliphatic rings. The number of nitrogens with zero attached hydrogens (tertiary/aromatic N) is 1. The molecule has 2 nitrogen and oxygen atoms in total. The maximum Gasteiger partial charge on any atom is 0.139 e. The third kappa shape index (κ3) is 5.00. The molecule has 7 aromatic rings. The Morgan fingerprint density at radius 1 is 0.571 bits per heavy atom. The number of fused-ring (bicyclic) bond motifs is 6. The highest BCUT2D eigenvalue weighted by Crippen LogP contribution is 2.55. The first-order valence-corrected chi connectivity index (χ1v) is 17.5. The van der Waals surface area contributed by atoms with Gasteiger partial charge in [-0.05, 0) is 86.2 Å². The highest BCUT2D eigenvalue weighted by molar-refractivity contribution is 6.14. The van der Waals surface area contributed by atoms with Gasteiger partial charge in [0.25, 0.3) is 0 Å². The lowest BCUT2D eigenvalue weighted by Gasteiger charge is -2.33. The first-order valence-electron chi connectivity index (χ1n) is 17.5. The summed E-state index contributed by atoms with van der Waals surface area (Å²) in [6.07, 6.45) is 0. The summed E-state index contributed by atoms with van der Waals surface area (Å²) < 4.78 is 6.89. The van der Waals surface area contributed by atoms with Gasteiger partial charge in [-0.25, -0.2) is 0 Å². The zero-order valence-electron chi connectivity index (χ0n) is 30.0. The summed E-state index contributed by atoms with van der Waals surface area (Å²) in [5, 5.41) is 2.31. The van der Waals surface area contributed by atoms with Crippen LogP contribution in [0, 0.1) is 0 Å². The third-order valence-electron chi connectivity index (χ3n) is 10.5. The first kappa shape index (κ1) is 31.2. The molecule has 0 N–H and O–H groups in total. The van der Waals surface area contributed by atoms with Crippen LogP contribution in [0.2, 0.25) is 0 Å². The van der Waals surface area contributed by atoms with Crippen molar-refractivity contribution in [3.8, 4) is 22.3 Å². The van der Waals surface area contributed by atoms with Crippen molar-refractivity contribution in [2.24, 2.45) is 0 Å². The van der Waals surface area contributed by atoms with E-state index in [2.05, 4.69) is 188 Å². The summed E-state index contributed by atoms with van der Waals surface area (Å²) in [5.74, 6) is 0. The van der Waals surface area contributed by atoms with Gasteiger partial charge in [-0.1, -0.05) is 146 Å². The Morgan fingerprint density at radius 3 is 1.98 bits per heavy atom. The maximum absolute atomic E-state index is 6.89. The molecule has 0 saturated heterocycles. The number of anilines is 3. The first-order chi connectivity index (χ1) is 23.3. The topological polar surface area (TPSA) is 16.4 Å². The molecule has 0 atom stereocenters. The fourth-order valence-electron chi connectivity index (χ4n) is 7.95. The second kappa shape index (κ2) is 11.0. The molecular weight excluding hydrogens is 595 g/mol. The van der Waals surface area contributed by atoms with Crippen LogP contribution in [0.25, 0.3) is 44.2 Å². The number of rotatable bonds is 4. The monoisotopic (exact) mass is 639 g/mol. The van der Waals surface area contributed by atoms with Crippen LogP contribution in [0.15, 0.2) is 132 Å². The van der Waals surface area contributed by atoms with Crippen molar-refractivity contribution < 1.29 is 4.42 Å². The minimum atomic E-state index is -0.191. The zero-order chi connectivity index (χ0) is 34.3. The summed E-state index contributed by atoms with van der Waals surface area (Å²) in [5.41, 5.74) is 15.3. The van der Waals surface area contributed by atoms with Crippen molar-refractivity contribution in [3.05, 3.63) is 150 Å². The predicted octanol–water partition coefficient (Wildman–Crippen LogP) is 13.6. The van der Waals surface area contributed by atoms with E-state index in [1.807, 2.05) is 0 Å².